The van der Waals surface area contributed by atoms with Crippen LogP contribution < -0.4 is 10.9 Å². The number of H-pyrrole nitrogens is 1. The van der Waals surface area contributed by atoms with Gasteiger partial charge in [-0.2, -0.15) is 0 Å². The number of esters is 1. The quantitative estimate of drug-likeness (QED) is 0.447. The number of pyridine rings is 1. The van der Waals surface area contributed by atoms with E-state index in [9.17, 15) is 9.59 Å². The molecule has 0 saturated carbocycles. The second-order valence-electron chi connectivity index (χ2n) is 6.08. The third kappa shape index (κ3) is 3.90. The fraction of sp³-hybridized carbons (Fsp3) is 0.368. The minimum atomic E-state index is -0.565. The molecule has 0 fully saturated rings. The molecule has 8 heteroatoms. The molecule has 7 nitrogen and oxygen atoms in total. The van der Waals surface area contributed by atoms with Crippen LogP contribution in [0, 0.1) is 0 Å². The van der Waals surface area contributed by atoms with Crippen LogP contribution >= 0.6 is 11.8 Å². The van der Waals surface area contributed by atoms with E-state index in [1.54, 1.807) is 38.4 Å². The second kappa shape index (κ2) is 8.39. The van der Waals surface area contributed by atoms with E-state index in [0.29, 0.717) is 27.8 Å². The number of hydrogen-bond acceptors (Lipinski definition) is 7. The average molecular weight is 386 g/mol. The lowest BCUT2D eigenvalue weighted by atomic mass is 9.83. The molecule has 0 radical (unpaired) electrons. The summed E-state index contributed by atoms with van der Waals surface area (Å²) in [5.41, 5.74) is 1.98. The van der Waals surface area contributed by atoms with Crippen LogP contribution in [0.1, 0.15) is 44.2 Å². The zero-order valence-electron chi connectivity index (χ0n) is 15.5. The van der Waals surface area contributed by atoms with Gasteiger partial charge < -0.3 is 15.0 Å². The van der Waals surface area contributed by atoms with Crippen LogP contribution in [-0.2, 0) is 9.53 Å². The first kappa shape index (κ1) is 19.2. The Labute approximate surface area is 161 Å². The summed E-state index contributed by atoms with van der Waals surface area (Å²) in [4.78, 5) is 37.0. The Morgan fingerprint density at radius 3 is 2.70 bits per heavy atom. The molecule has 1 aliphatic heterocycles. The molecule has 2 N–H and O–H groups in total. The Balaban J connectivity index is 2.17. The van der Waals surface area contributed by atoms with Crippen molar-refractivity contribution in [3.05, 3.63) is 57.3 Å². The van der Waals surface area contributed by atoms with Crippen LogP contribution in [0.4, 0.5) is 5.82 Å². The Kier molecular flexibility index (Phi) is 5.95. The molecular formula is C19H22N4O3S. The Hall–Kier alpha value is -2.61. The summed E-state index contributed by atoms with van der Waals surface area (Å²) >= 11 is 1.50. The highest BCUT2D eigenvalue weighted by Crippen LogP contribution is 2.39. The van der Waals surface area contributed by atoms with Gasteiger partial charge in [-0.15, -0.1) is 0 Å². The van der Waals surface area contributed by atoms with Crippen molar-refractivity contribution in [1.82, 2.24) is 15.0 Å². The van der Waals surface area contributed by atoms with Crippen LogP contribution in [-0.4, -0.2) is 33.3 Å². The highest BCUT2D eigenvalue weighted by Gasteiger charge is 2.36. The van der Waals surface area contributed by atoms with Crippen LogP contribution in [0.2, 0.25) is 0 Å². The first-order chi connectivity index (χ1) is 13.1. The first-order valence-corrected chi connectivity index (χ1v) is 9.87. The normalized spacial score (nSPS) is 15.9. The van der Waals surface area contributed by atoms with Gasteiger partial charge in [-0.25, -0.2) is 9.78 Å². The zero-order valence-corrected chi connectivity index (χ0v) is 16.4. The second-order valence-corrected chi connectivity index (χ2v) is 7.16. The molecule has 0 aromatic carbocycles. The Morgan fingerprint density at radius 1 is 1.30 bits per heavy atom. The maximum Gasteiger partial charge on any atom is 0.336 e. The summed E-state index contributed by atoms with van der Waals surface area (Å²) in [7, 11) is 0. The predicted molar refractivity (Wildman–Crippen MR) is 105 cm³/mol. The van der Waals surface area contributed by atoms with E-state index in [2.05, 4.69) is 27.2 Å². The summed E-state index contributed by atoms with van der Waals surface area (Å²) in [6.07, 6.45) is 4.26. The smallest absolute Gasteiger partial charge is 0.336 e. The number of thioether (sulfide) groups is 1. The number of anilines is 1. The van der Waals surface area contributed by atoms with Crippen molar-refractivity contribution < 1.29 is 9.53 Å². The summed E-state index contributed by atoms with van der Waals surface area (Å²) in [5.74, 6) is 0.326. The van der Waals surface area contributed by atoms with E-state index in [1.165, 1.54) is 11.8 Å². The number of nitrogens with zero attached hydrogens (tertiary/aromatic N) is 2. The molecule has 2 aromatic heterocycles. The number of allylic oxidation sites excluding steroid dienone is 1. The molecule has 27 heavy (non-hydrogen) atoms. The van der Waals surface area contributed by atoms with E-state index in [0.717, 1.165) is 17.7 Å². The van der Waals surface area contributed by atoms with E-state index < -0.39 is 11.9 Å². The minimum Gasteiger partial charge on any atom is -0.463 e. The van der Waals surface area contributed by atoms with E-state index in [-0.39, 0.29) is 12.2 Å². The third-order valence-corrected chi connectivity index (χ3v) is 5.28. The van der Waals surface area contributed by atoms with Crippen molar-refractivity contribution >= 4 is 23.5 Å². The number of carbonyl (C=O) groups is 1. The van der Waals surface area contributed by atoms with E-state index in [4.69, 9.17) is 4.74 Å². The van der Waals surface area contributed by atoms with Crippen molar-refractivity contribution in [2.75, 3.05) is 17.7 Å². The molecular weight excluding hydrogens is 364 g/mol. The Morgan fingerprint density at radius 2 is 2.04 bits per heavy atom. The lowest BCUT2D eigenvalue weighted by Gasteiger charge is -2.28. The van der Waals surface area contributed by atoms with Gasteiger partial charge in [0.25, 0.3) is 5.56 Å². The van der Waals surface area contributed by atoms with Gasteiger partial charge in [0.1, 0.15) is 5.82 Å². The van der Waals surface area contributed by atoms with Crippen LogP contribution in [0.5, 0.6) is 0 Å². The first-order valence-electron chi connectivity index (χ1n) is 8.88. The van der Waals surface area contributed by atoms with Crippen LogP contribution in [0.15, 0.2) is 45.7 Å². The number of aromatic amines is 1. The minimum absolute atomic E-state index is 0.257. The zero-order chi connectivity index (χ0) is 19.4. The molecule has 0 saturated heterocycles. The number of fused-ring (bicyclic) bond motifs is 1. The number of carbonyl (C=O) groups excluding carboxylic acids is 1. The molecule has 142 valence electrons. The third-order valence-electron chi connectivity index (χ3n) is 4.20. The van der Waals surface area contributed by atoms with E-state index >= 15 is 0 Å². The molecule has 0 amide bonds. The molecule has 0 spiro atoms. The van der Waals surface area contributed by atoms with Crippen molar-refractivity contribution in [3.8, 4) is 0 Å². The van der Waals surface area contributed by atoms with Gasteiger partial charge in [0.15, 0.2) is 5.16 Å². The van der Waals surface area contributed by atoms with Crippen molar-refractivity contribution in [2.24, 2.45) is 0 Å². The lowest BCUT2D eigenvalue weighted by molar-refractivity contribution is -0.138. The average Bonchev–Trinajstić information content (AvgIpc) is 2.66. The maximum absolute atomic E-state index is 12.9. The number of hydrogen-bond donors (Lipinski definition) is 2. The van der Waals surface area contributed by atoms with Crippen LogP contribution in [0.25, 0.3) is 0 Å². The maximum atomic E-state index is 12.9. The monoisotopic (exact) mass is 386 g/mol. The summed E-state index contributed by atoms with van der Waals surface area (Å²) in [6.45, 7) is 5.88. The molecule has 3 heterocycles. The number of ether oxygens (including phenoxy) is 1. The van der Waals surface area contributed by atoms with Crippen LogP contribution in [0.3, 0.4) is 0 Å². The topological polar surface area (TPSA) is 97.0 Å². The van der Waals surface area contributed by atoms with Gasteiger partial charge in [0.05, 0.1) is 23.7 Å². The van der Waals surface area contributed by atoms with Gasteiger partial charge in [0.2, 0.25) is 0 Å². The number of aromatic nitrogens is 3. The highest BCUT2D eigenvalue weighted by atomic mass is 32.2. The van der Waals surface area contributed by atoms with Crippen molar-refractivity contribution in [2.45, 2.75) is 38.3 Å². The van der Waals surface area contributed by atoms with Crippen molar-refractivity contribution in [3.63, 3.8) is 0 Å². The van der Waals surface area contributed by atoms with Gasteiger partial charge in [-0.1, -0.05) is 18.7 Å². The molecule has 1 atom stereocenters. The molecule has 1 aliphatic rings. The molecule has 0 bridgehead atoms. The van der Waals surface area contributed by atoms with Gasteiger partial charge >= 0.3 is 5.97 Å². The fourth-order valence-corrected chi connectivity index (χ4v) is 3.78. The summed E-state index contributed by atoms with van der Waals surface area (Å²) in [5, 5.41) is 3.69. The van der Waals surface area contributed by atoms with Gasteiger partial charge in [-0.3, -0.25) is 9.78 Å². The predicted octanol–water partition coefficient (Wildman–Crippen LogP) is 3.06. The fourth-order valence-electron chi connectivity index (χ4n) is 3.07. The Bertz CT molecular complexity index is 924. The summed E-state index contributed by atoms with van der Waals surface area (Å²) < 4.78 is 5.25. The molecule has 0 aliphatic carbocycles. The highest BCUT2D eigenvalue weighted by molar-refractivity contribution is 7.99. The van der Waals surface area contributed by atoms with Gasteiger partial charge in [-0.05, 0) is 38.0 Å². The standard InChI is InChI=1S/C19H22N4O3S/c1-4-10-27-19-22-16-15(17(24)23-19)14(12-6-8-20-9-7-12)13(11(3)21-16)18(25)26-5-2/h6-9,14H,4-5,10H2,1-3H3,(H2,21,22,23,24). The largest absolute Gasteiger partial charge is 0.463 e. The molecule has 1 unspecified atom stereocenters. The van der Waals surface area contributed by atoms with E-state index in [1.807, 2.05) is 0 Å². The lowest BCUT2D eigenvalue weighted by Crippen LogP contribution is -2.31. The van der Waals surface area contributed by atoms with Crippen molar-refractivity contribution in [1.29, 1.82) is 0 Å². The summed E-state index contributed by atoms with van der Waals surface area (Å²) in [6, 6.07) is 3.59. The number of nitrogens with one attached hydrogen (secondary N) is 2. The van der Waals surface area contributed by atoms with Gasteiger partial charge in [0, 0.05) is 23.8 Å². The molecule has 2 aromatic rings. The SMILES string of the molecule is CCCSc1nc2c(c(=O)[nH]1)C(c1ccncc1)C(C(=O)OCC)=C(C)N2. The number of rotatable bonds is 6. The molecule has 3 rings (SSSR count).